The second-order valence-electron chi connectivity index (χ2n) is 3.81. The number of benzene rings is 1. The molecule has 0 aliphatic heterocycles. The fraction of sp³-hybridized carbons (Fsp3) is 0.154. The highest BCUT2D eigenvalue weighted by Crippen LogP contribution is 2.34. The van der Waals surface area contributed by atoms with Crippen LogP contribution >= 0.6 is 23.2 Å². The van der Waals surface area contributed by atoms with Crippen LogP contribution in [0.2, 0.25) is 10.3 Å². The minimum Gasteiger partial charge on any atom is -0.463 e. The van der Waals surface area contributed by atoms with Gasteiger partial charge in [-0.05, 0) is 18.1 Å². The maximum atomic E-state index is 11.4. The first kappa shape index (κ1) is 13.8. The summed E-state index contributed by atoms with van der Waals surface area (Å²) in [7, 11) is 1.24. The molecule has 0 saturated carbocycles. The van der Waals surface area contributed by atoms with Crippen molar-refractivity contribution in [3.63, 3.8) is 0 Å². The van der Waals surface area contributed by atoms with E-state index < -0.39 is 5.97 Å². The molecule has 0 aliphatic rings. The molecule has 98 valence electrons. The molecule has 1 heterocycles. The van der Waals surface area contributed by atoms with E-state index >= 15 is 0 Å². The molecule has 0 bridgehead atoms. The molecule has 0 radical (unpaired) electrons. The van der Waals surface area contributed by atoms with Crippen LogP contribution in [0.1, 0.15) is 16.2 Å². The number of esters is 1. The zero-order valence-electron chi connectivity index (χ0n) is 10.3. The van der Waals surface area contributed by atoms with E-state index in [1.165, 1.54) is 7.11 Å². The van der Waals surface area contributed by atoms with Crippen molar-refractivity contribution in [3.8, 4) is 11.1 Å². The van der Waals surface area contributed by atoms with Crippen molar-refractivity contribution in [1.82, 2.24) is 9.97 Å². The SMILES string of the molecule is COC(=O)c1nc(Cl)c(-c2ccccc2C)c(Cl)n1. The summed E-state index contributed by atoms with van der Waals surface area (Å²) in [6.07, 6.45) is 0. The molecular weight excluding hydrogens is 287 g/mol. The van der Waals surface area contributed by atoms with Gasteiger partial charge in [-0.25, -0.2) is 14.8 Å². The second-order valence-corrected chi connectivity index (χ2v) is 4.53. The Morgan fingerprint density at radius 1 is 1.16 bits per heavy atom. The van der Waals surface area contributed by atoms with Gasteiger partial charge in [0.15, 0.2) is 0 Å². The molecule has 1 aromatic carbocycles. The summed E-state index contributed by atoms with van der Waals surface area (Å²) >= 11 is 12.2. The van der Waals surface area contributed by atoms with E-state index in [0.29, 0.717) is 5.56 Å². The molecule has 2 aromatic rings. The van der Waals surface area contributed by atoms with Gasteiger partial charge in [-0.2, -0.15) is 0 Å². The Kier molecular flexibility index (Phi) is 4.02. The third-order valence-corrected chi connectivity index (χ3v) is 3.15. The number of aryl methyl sites for hydroxylation is 1. The lowest BCUT2D eigenvalue weighted by Crippen LogP contribution is -2.08. The maximum absolute atomic E-state index is 11.4. The number of nitrogens with zero attached hydrogens (tertiary/aromatic N) is 2. The lowest BCUT2D eigenvalue weighted by atomic mass is 10.0. The molecule has 0 spiro atoms. The van der Waals surface area contributed by atoms with Gasteiger partial charge in [0.2, 0.25) is 5.82 Å². The molecule has 0 aliphatic carbocycles. The molecule has 0 fully saturated rings. The first-order valence-corrected chi connectivity index (χ1v) is 6.17. The summed E-state index contributed by atoms with van der Waals surface area (Å²) in [6, 6.07) is 7.56. The summed E-state index contributed by atoms with van der Waals surface area (Å²) in [4.78, 5) is 19.2. The fourth-order valence-electron chi connectivity index (χ4n) is 1.67. The summed E-state index contributed by atoms with van der Waals surface area (Å²) in [5.41, 5.74) is 2.32. The van der Waals surface area contributed by atoms with Crippen molar-refractivity contribution in [2.24, 2.45) is 0 Å². The minimum absolute atomic E-state index is 0.120. The van der Waals surface area contributed by atoms with E-state index in [0.717, 1.165) is 11.1 Å². The van der Waals surface area contributed by atoms with E-state index in [4.69, 9.17) is 23.2 Å². The zero-order valence-corrected chi connectivity index (χ0v) is 11.8. The average Bonchev–Trinajstić information content (AvgIpc) is 2.39. The van der Waals surface area contributed by atoms with Crippen molar-refractivity contribution in [3.05, 3.63) is 46.0 Å². The number of ether oxygens (including phenoxy) is 1. The highest BCUT2D eigenvalue weighted by atomic mass is 35.5. The Balaban J connectivity index is 2.61. The summed E-state index contributed by atoms with van der Waals surface area (Å²) in [5, 5.41) is 0.240. The van der Waals surface area contributed by atoms with E-state index in [-0.39, 0.29) is 16.1 Å². The Hall–Kier alpha value is -1.65. The summed E-state index contributed by atoms with van der Waals surface area (Å²) in [5.74, 6) is -0.838. The average molecular weight is 297 g/mol. The van der Waals surface area contributed by atoms with E-state index in [1.54, 1.807) is 0 Å². The molecule has 2 rings (SSSR count). The fourth-order valence-corrected chi connectivity index (χ4v) is 2.26. The summed E-state index contributed by atoms with van der Waals surface area (Å²) < 4.78 is 4.53. The van der Waals surface area contributed by atoms with E-state index in [1.807, 2.05) is 31.2 Å². The second kappa shape index (κ2) is 5.55. The van der Waals surface area contributed by atoms with E-state index in [9.17, 15) is 4.79 Å². The molecule has 1 aromatic heterocycles. The highest BCUT2D eigenvalue weighted by Gasteiger charge is 2.18. The van der Waals surface area contributed by atoms with Gasteiger partial charge < -0.3 is 4.74 Å². The molecule has 0 N–H and O–H groups in total. The van der Waals surface area contributed by atoms with Crippen LogP contribution in [-0.2, 0) is 4.74 Å². The molecule has 0 amide bonds. The molecular formula is C13H10Cl2N2O2. The predicted octanol–water partition coefficient (Wildman–Crippen LogP) is 3.55. The quantitative estimate of drug-likeness (QED) is 0.628. The summed E-state index contributed by atoms with van der Waals surface area (Å²) in [6.45, 7) is 1.93. The standard InChI is InChI=1S/C13H10Cl2N2O2/c1-7-5-3-4-6-8(7)9-10(14)16-12(13(18)19-2)17-11(9)15/h3-6H,1-2H3. The number of carbonyl (C=O) groups is 1. The minimum atomic E-state index is -0.680. The predicted molar refractivity (Wildman–Crippen MR) is 73.6 cm³/mol. The van der Waals surface area contributed by atoms with E-state index in [2.05, 4.69) is 14.7 Å². The third kappa shape index (κ3) is 2.69. The van der Waals surface area contributed by atoms with Crippen LogP contribution in [-0.4, -0.2) is 23.0 Å². The van der Waals surface area contributed by atoms with Crippen LogP contribution < -0.4 is 0 Å². The van der Waals surface area contributed by atoms with Gasteiger partial charge in [0.25, 0.3) is 0 Å². The molecule has 0 atom stereocenters. The van der Waals surface area contributed by atoms with Crippen molar-refractivity contribution >= 4 is 29.2 Å². The van der Waals surface area contributed by atoms with Crippen LogP contribution in [0.25, 0.3) is 11.1 Å². The normalized spacial score (nSPS) is 10.3. The van der Waals surface area contributed by atoms with Gasteiger partial charge >= 0.3 is 5.97 Å². The molecule has 6 heteroatoms. The lowest BCUT2D eigenvalue weighted by Gasteiger charge is -2.09. The third-order valence-electron chi connectivity index (χ3n) is 2.60. The van der Waals surface area contributed by atoms with Crippen molar-refractivity contribution in [2.45, 2.75) is 6.92 Å². The largest absolute Gasteiger partial charge is 0.463 e. The molecule has 0 saturated heterocycles. The molecule has 4 nitrogen and oxygen atoms in total. The van der Waals surface area contributed by atoms with Crippen molar-refractivity contribution in [2.75, 3.05) is 7.11 Å². The van der Waals surface area contributed by atoms with Crippen LogP contribution in [0.4, 0.5) is 0 Å². The first-order chi connectivity index (χ1) is 9.04. The lowest BCUT2D eigenvalue weighted by molar-refractivity contribution is 0.0586. The number of hydrogen-bond acceptors (Lipinski definition) is 4. The Morgan fingerprint density at radius 3 is 2.26 bits per heavy atom. The smallest absolute Gasteiger partial charge is 0.376 e. The van der Waals surface area contributed by atoms with Gasteiger partial charge in [0, 0.05) is 0 Å². The van der Waals surface area contributed by atoms with Crippen molar-refractivity contribution in [1.29, 1.82) is 0 Å². The number of hydrogen-bond donors (Lipinski definition) is 0. The van der Waals surface area contributed by atoms with Crippen LogP contribution in [0.5, 0.6) is 0 Å². The van der Waals surface area contributed by atoms with Crippen LogP contribution in [0, 0.1) is 6.92 Å². The van der Waals surface area contributed by atoms with Gasteiger partial charge in [0.1, 0.15) is 10.3 Å². The Morgan fingerprint density at radius 2 is 1.74 bits per heavy atom. The topological polar surface area (TPSA) is 52.1 Å². The van der Waals surface area contributed by atoms with Crippen LogP contribution in [0.3, 0.4) is 0 Å². The van der Waals surface area contributed by atoms with Gasteiger partial charge in [0.05, 0.1) is 12.7 Å². The maximum Gasteiger partial charge on any atom is 0.376 e. The number of carbonyl (C=O) groups excluding carboxylic acids is 1. The molecule has 19 heavy (non-hydrogen) atoms. The zero-order chi connectivity index (χ0) is 14.0. The van der Waals surface area contributed by atoms with Gasteiger partial charge in [-0.1, -0.05) is 47.5 Å². The van der Waals surface area contributed by atoms with Crippen molar-refractivity contribution < 1.29 is 9.53 Å². The number of aromatic nitrogens is 2. The number of rotatable bonds is 2. The number of methoxy groups -OCH3 is 1. The van der Waals surface area contributed by atoms with Gasteiger partial charge in [-0.15, -0.1) is 0 Å². The Bertz CT molecular complexity index is 621. The Labute approximate surface area is 120 Å². The monoisotopic (exact) mass is 296 g/mol. The molecule has 0 unspecified atom stereocenters. The number of halogens is 2. The van der Waals surface area contributed by atoms with Crippen LogP contribution in [0.15, 0.2) is 24.3 Å². The first-order valence-electron chi connectivity index (χ1n) is 5.42. The highest BCUT2D eigenvalue weighted by molar-refractivity contribution is 6.38. The van der Waals surface area contributed by atoms with Gasteiger partial charge in [-0.3, -0.25) is 0 Å².